The second-order valence-electron chi connectivity index (χ2n) is 4.98. The number of aliphatic hydroxyl groups is 1. The maximum atomic E-state index is 9.69. The Hall–Kier alpha value is -1.30. The van der Waals surface area contributed by atoms with Gasteiger partial charge in [-0.05, 0) is 24.6 Å². The van der Waals surface area contributed by atoms with E-state index in [0.717, 1.165) is 25.2 Å². The molecule has 19 heavy (non-hydrogen) atoms. The number of phenols is 1. The van der Waals surface area contributed by atoms with Crippen molar-refractivity contribution in [2.45, 2.75) is 19.0 Å². The second-order valence-corrected chi connectivity index (χ2v) is 4.98. The molecule has 1 heterocycles. The predicted octanol–water partition coefficient (Wildman–Crippen LogP) is 0.728. The van der Waals surface area contributed by atoms with E-state index in [1.54, 1.807) is 12.1 Å². The Morgan fingerprint density at radius 3 is 2.95 bits per heavy atom. The molecule has 2 unspecified atom stereocenters. The number of benzene rings is 1. The van der Waals surface area contributed by atoms with Gasteiger partial charge in [-0.1, -0.05) is 6.07 Å². The van der Waals surface area contributed by atoms with Gasteiger partial charge in [0.1, 0.15) is 0 Å². The van der Waals surface area contributed by atoms with Crippen LogP contribution in [0.2, 0.25) is 0 Å². The molecular weight excluding hydrogens is 244 g/mol. The van der Waals surface area contributed by atoms with Gasteiger partial charge in [-0.25, -0.2) is 0 Å². The van der Waals surface area contributed by atoms with Crippen LogP contribution < -0.4 is 10.1 Å². The number of nitrogens with one attached hydrogen (secondary N) is 1. The number of ether oxygens (including phenoxy) is 1. The summed E-state index contributed by atoms with van der Waals surface area (Å²) in [5, 5.41) is 22.7. The Kier molecular flexibility index (Phi) is 4.63. The minimum atomic E-state index is -0.0564. The summed E-state index contributed by atoms with van der Waals surface area (Å²) in [5.41, 5.74) is 0.964. The lowest BCUT2D eigenvalue weighted by atomic mass is 10.0. The van der Waals surface area contributed by atoms with Crippen molar-refractivity contribution in [1.82, 2.24) is 10.2 Å². The van der Waals surface area contributed by atoms with Crippen LogP contribution in [0.25, 0.3) is 0 Å². The molecule has 0 aromatic heterocycles. The van der Waals surface area contributed by atoms with E-state index in [2.05, 4.69) is 17.1 Å². The van der Waals surface area contributed by atoms with Gasteiger partial charge >= 0.3 is 0 Å². The zero-order chi connectivity index (χ0) is 13.8. The smallest absolute Gasteiger partial charge is 0.160 e. The molecule has 0 aliphatic carbocycles. The lowest BCUT2D eigenvalue weighted by Crippen LogP contribution is -2.50. The van der Waals surface area contributed by atoms with Crippen LogP contribution in [-0.4, -0.2) is 54.5 Å². The summed E-state index contributed by atoms with van der Waals surface area (Å²) in [4.78, 5) is 2.26. The maximum absolute atomic E-state index is 9.69. The molecule has 3 N–H and O–H groups in total. The molecule has 1 aliphatic rings. The Morgan fingerprint density at radius 1 is 1.53 bits per heavy atom. The van der Waals surface area contributed by atoms with Crippen molar-refractivity contribution in [3.8, 4) is 11.5 Å². The van der Waals surface area contributed by atoms with Crippen molar-refractivity contribution in [3.63, 3.8) is 0 Å². The van der Waals surface area contributed by atoms with E-state index in [1.807, 2.05) is 6.07 Å². The topological polar surface area (TPSA) is 65.0 Å². The highest BCUT2D eigenvalue weighted by Gasteiger charge is 2.24. The number of nitrogens with zero attached hydrogens (tertiary/aromatic N) is 1. The second kappa shape index (κ2) is 6.23. The molecule has 2 rings (SSSR count). The first kappa shape index (κ1) is 14.1. The van der Waals surface area contributed by atoms with Gasteiger partial charge in [0.05, 0.1) is 19.8 Å². The van der Waals surface area contributed by atoms with E-state index < -0.39 is 0 Å². The number of hydrogen-bond acceptors (Lipinski definition) is 5. The van der Waals surface area contributed by atoms with Crippen LogP contribution in [0.15, 0.2) is 18.2 Å². The van der Waals surface area contributed by atoms with Gasteiger partial charge in [0, 0.05) is 25.7 Å². The number of piperazine rings is 1. The van der Waals surface area contributed by atoms with Gasteiger partial charge in [0.25, 0.3) is 0 Å². The van der Waals surface area contributed by atoms with Gasteiger partial charge in [0.2, 0.25) is 0 Å². The number of hydrogen-bond donors (Lipinski definition) is 3. The Balaban J connectivity index is 2.21. The third-order valence-electron chi connectivity index (χ3n) is 3.60. The summed E-state index contributed by atoms with van der Waals surface area (Å²) < 4.78 is 5.13. The van der Waals surface area contributed by atoms with Crippen molar-refractivity contribution < 1.29 is 14.9 Å². The van der Waals surface area contributed by atoms with Gasteiger partial charge in [-0.3, -0.25) is 4.90 Å². The monoisotopic (exact) mass is 266 g/mol. The first-order chi connectivity index (χ1) is 9.15. The van der Waals surface area contributed by atoms with Crippen molar-refractivity contribution in [1.29, 1.82) is 0 Å². The molecular formula is C14H22N2O3. The van der Waals surface area contributed by atoms with Crippen LogP contribution in [0.1, 0.15) is 18.5 Å². The van der Waals surface area contributed by atoms with Gasteiger partial charge in [-0.15, -0.1) is 0 Å². The van der Waals surface area contributed by atoms with Gasteiger partial charge in [-0.2, -0.15) is 0 Å². The lowest BCUT2D eigenvalue weighted by molar-refractivity contribution is 0.0961. The van der Waals surface area contributed by atoms with E-state index in [1.165, 1.54) is 7.11 Å². The van der Waals surface area contributed by atoms with E-state index in [4.69, 9.17) is 4.74 Å². The van der Waals surface area contributed by atoms with Crippen LogP contribution in [-0.2, 0) is 0 Å². The zero-order valence-corrected chi connectivity index (χ0v) is 11.5. The third kappa shape index (κ3) is 3.18. The highest BCUT2D eigenvalue weighted by atomic mass is 16.5. The summed E-state index contributed by atoms with van der Waals surface area (Å²) in [6.45, 7) is 4.92. The molecule has 2 atom stereocenters. The summed E-state index contributed by atoms with van der Waals surface area (Å²) in [5.74, 6) is 0.566. The fourth-order valence-electron chi connectivity index (χ4n) is 2.58. The summed E-state index contributed by atoms with van der Waals surface area (Å²) in [6, 6.07) is 5.61. The van der Waals surface area contributed by atoms with Crippen molar-refractivity contribution in [3.05, 3.63) is 23.8 Å². The normalized spacial score (nSPS) is 22.2. The Bertz CT molecular complexity index is 425. The molecule has 1 fully saturated rings. The van der Waals surface area contributed by atoms with E-state index in [-0.39, 0.29) is 18.4 Å². The number of aromatic hydroxyl groups is 1. The fourth-order valence-corrected chi connectivity index (χ4v) is 2.58. The SMILES string of the molecule is COc1cc(C(CO)N2CCNC(C)C2)ccc1O. The summed E-state index contributed by atoms with van der Waals surface area (Å²) in [7, 11) is 1.53. The molecule has 5 heteroatoms. The van der Waals surface area contributed by atoms with E-state index in [0.29, 0.717) is 11.8 Å². The molecule has 0 amide bonds. The maximum Gasteiger partial charge on any atom is 0.160 e. The molecule has 1 aliphatic heterocycles. The van der Waals surface area contributed by atoms with Crippen LogP contribution in [0, 0.1) is 0 Å². The van der Waals surface area contributed by atoms with Crippen LogP contribution in [0.4, 0.5) is 0 Å². The minimum absolute atomic E-state index is 0.0562. The fraction of sp³-hybridized carbons (Fsp3) is 0.571. The highest BCUT2D eigenvalue weighted by molar-refractivity contribution is 5.42. The Morgan fingerprint density at radius 2 is 2.32 bits per heavy atom. The number of aliphatic hydroxyl groups excluding tert-OH is 1. The van der Waals surface area contributed by atoms with Crippen LogP contribution in [0.3, 0.4) is 0 Å². The van der Waals surface area contributed by atoms with E-state index >= 15 is 0 Å². The number of rotatable bonds is 4. The summed E-state index contributed by atoms with van der Waals surface area (Å²) >= 11 is 0. The molecule has 1 aromatic carbocycles. The van der Waals surface area contributed by atoms with Crippen molar-refractivity contribution in [2.75, 3.05) is 33.4 Å². The number of phenolic OH excluding ortho intramolecular Hbond substituents is 1. The first-order valence-electron chi connectivity index (χ1n) is 6.61. The van der Waals surface area contributed by atoms with Crippen molar-refractivity contribution in [2.24, 2.45) is 0 Å². The van der Waals surface area contributed by atoms with Crippen molar-refractivity contribution >= 4 is 0 Å². The van der Waals surface area contributed by atoms with Crippen LogP contribution >= 0.6 is 0 Å². The van der Waals surface area contributed by atoms with E-state index in [9.17, 15) is 10.2 Å². The molecule has 0 saturated carbocycles. The lowest BCUT2D eigenvalue weighted by Gasteiger charge is -2.37. The predicted molar refractivity (Wildman–Crippen MR) is 73.5 cm³/mol. The molecule has 1 aromatic rings. The largest absolute Gasteiger partial charge is 0.504 e. The number of methoxy groups -OCH3 is 1. The zero-order valence-electron chi connectivity index (χ0n) is 11.5. The molecule has 0 radical (unpaired) electrons. The molecule has 1 saturated heterocycles. The van der Waals surface area contributed by atoms with Gasteiger partial charge < -0.3 is 20.3 Å². The highest BCUT2D eigenvalue weighted by Crippen LogP contribution is 2.31. The molecule has 0 spiro atoms. The van der Waals surface area contributed by atoms with Crippen LogP contribution in [0.5, 0.6) is 11.5 Å². The minimum Gasteiger partial charge on any atom is -0.504 e. The quantitative estimate of drug-likeness (QED) is 0.750. The molecule has 106 valence electrons. The Labute approximate surface area is 113 Å². The molecule has 0 bridgehead atoms. The van der Waals surface area contributed by atoms with Gasteiger partial charge in [0.15, 0.2) is 11.5 Å². The summed E-state index contributed by atoms with van der Waals surface area (Å²) in [6.07, 6.45) is 0. The first-order valence-corrected chi connectivity index (χ1v) is 6.61. The third-order valence-corrected chi connectivity index (χ3v) is 3.60. The average Bonchev–Trinajstić information content (AvgIpc) is 2.41. The molecule has 5 nitrogen and oxygen atoms in total. The average molecular weight is 266 g/mol. The standard InChI is InChI=1S/C14H22N2O3/c1-10-8-16(6-5-15-10)12(9-17)11-3-4-13(18)14(7-11)19-2/h3-4,7,10,12,15,17-18H,5-6,8-9H2,1-2H3.